The predicted octanol–water partition coefficient (Wildman–Crippen LogP) is 4.11. The Labute approximate surface area is 153 Å². The molecule has 0 saturated carbocycles. The molecule has 0 saturated heterocycles. The predicted molar refractivity (Wildman–Crippen MR) is 99.1 cm³/mol. The summed E-state index contributed by atoms with van der Waals surface area (Å²) >= 11 is 0. The fourth-order valence-electron chi connectivity index (χ4n) is 2.73. The molecule has 0 spiro atoms. The van der Waals surface area contributed by atoms with Gasteiger partial charge in [0.2, 0.25) is 0 Å². The van der Waals surface area contributed by atoms with E-state index in [2.05, 4.69) is 10.5 Å². The van der Waals surface area contributed by atoms with Crippen LogP contribution < -0.4 is 10.1 Å². The highest BCUT2D eigenvalue weighted by Gasteiger charge is 2.14. The zero-order valence-corrected chi connectivity index (χ0v) is 15.2. The molecule has 0 aliphatic heterocycles. The number of aromatic nitrogens is 1. The number of nitrogens with one attached hydrogen (secondary N) is 1. The minimum absolute atomic E-state index is 0.226. The summed E-state index contributed by atoms with van der Waals surface area (Å²) in [6.45, 7) is 6.68. The summed E-state index contributed by atoms with van der Waals surface area (Å²) in [5, 5.41) is 6.70. The highest BCUT2D eigenvalue weighted by Crippen LogP contribution is 2.23. The Morgan fingerprint density at radius 2 is 1.73 bits per heavy atom. The largest absolute Gasteiger partial charge is 0.485 e. The van der Waals surface area contributed by atoms with Crippen LogP contribution in [0.3, 0.4) is 0 Å². The zero-order chi connectivity index (χ0) is 18.5. The van der Waals surface area contributed by atoms with E-state index in [1.165, 1.54) is 0 Å². The summed E-state index contributed by atoms with van der Waals surface area (Å²) in [7, 11) is 0. The van der Waals surface area contributed by atoms with Crippen molar-refractivity contribution in [3.05, 3.63) is 82.2 Å². The summed E-state index contributed by atoms with van der Waals surface area (Å²) in [5.41, 5.74) is 4.57. The molecule has 0 unspecified atom stereocenters. The maximum absolute atomic E-state index is 12.3. The highest BCUT2D eigenvalue weighted by molar-refractivity contribution is 5.92. The second-order valence-corrected chi connectivity index (χ2v) is 6.30. The van der Waals surface area contributed by atoms with Crippen LogP contribution in [0.25, 0.3) is 0 Å². The quantitative estimate of drug-likeness (QED) is 0.727. The van der Waals surface area contributed by atoms with Crippen molar-refractivity contribution >= 4 is 5.91 Å². The topological polar surface area (TPSA) is 64.4 Å². The smallest absolute Gasteiger partial charge is 0.273 e. The Balaban J connectivity index is 1.59. The zero-order valence-electron chi connectivity index (χ0n) is 15.2. The number of nitrogens with zero attached hydrogens (tertiary/aromatic N) is 1. The summed E-state index contributed by atoms with van der Waals surface area (Å²) in [6.07, 6.45) is 0. The molecular weight excluding hydrogens is 328 g/mol. The minimum atomic E-state index is -0.268. The lowest BCUT2D eigenvalue weighted by molar-refractivity contribution is 0.0941. The molecule has 1 N–H and O–H groups in total. The molecular formula is C21H22N2O3. The average Bonchev–Trinajstić information content (AvgIpc) is 3.09. The van der Waals surface area contributed by atoms with Crippen molar-refractivity contribution in [2.24, 2.45) is 0 Å². The van der Waals surface area contributed by atoms with Gasteiger partial charge in [-0.2, -0.15) is 0 Å². The minimum Gasteiger partial charge on any atom is -0.485 e. The van der Waals surface area contributed by atoms with Crippen molar-refractivity contribution in [2.75, 3.05) is 0 Å². The van der Waals surface area contributed by atoms with E-state index in [-0.39, 0.29) is 18.2 Å². The van der Waals surface area contributed by atoms with E-state index in [1.54, 1.807) is 6.07 Å². The first-order valence-electron chi connectivity index (χ1n) is 8.52. The molecule has 0 radical (unpaired) electrons. The number of amides is 1. The van der Waals surface area contributed by atoms with E-state index < -0.39 is 0 Å². The van der Waals surface area contributed by atoms with Gasteiger partial charge in [0.1, 0.15) is 12.4 Å². The first kappa shape index (κ1) is 17.7. The van der Waals surface area contributed by atoms with Gasteiger partial charge in [0.25, 0.3) is 5.91 Å². The van der Waals surface area contributed by atoms with E-state index in [4.69, 9.17) is 9.26 Å². The Bertz CT molecular complexity index is 895. The summed E-state index contributed by atoms with van der Waals surface area (Å²) in [6, 6.07) is 15.5. The van der Waals surface area contributed by atoms with Crippen LogP contribution in [-0.4, -0.2) is 11.1 Å². The Kier molecular flexibility index (Phi) is 5.37. The SMILES string of the molecule is Cc1ccccc1CNC(=O)c1cc(COc2c(C)cccc2C)on1. The lowest BCUT2D eigenvalue weighted by Gasteiger charge is -2.10. The first-order valence-corrected chi connectivity index (χ1v) is 8.52. The van der Waals surface area contributed by atoms with E-state index in [0.717, 1.165) is 28.0 Å². The molecule has 1 aromatic heterocycles. The average molecular weight is 350 g/mol. The van der Waals surface area contributed by atoms with Crippen LogP contribution in [0.2, 0.25) is 0 Å². The van der Waals surface area contributed by atoms with E-state index in [1.807, 2.05) is 63.2 Å². The molecule has 3 rings (SSSR count). The van der Waals surface area contributed by atoms with Crippen LogP contribution >= 0.6 is 0 Å². The monoisotopic (exact) mass is 350 g/mol. The molecule has 0 aliphatic rings. The highest BCUT2D eigenvalue weighted by atomic mass is 16.5. The molecule has 1 amide bonds. The van der Waals surface area contributed by atoms with Crippen LogP contribution in [0.4, 0.5) is 0 Å². The van der Waals surface area contributed by atoms with Gasteiger partial charge in [0, 0.05) is 12.6 Å². The lowest BCUT2D eigenvalue weighted by atomic mass is 10.1. The number of ether oxygens (including phenoxy) is 1. The molecule has 0 atom stereocenters. The normalized spacial score (nSPS) is 10.6. The number of hydrogen-bond acceptors (Lipinski definition) is 4. The van der Waals surface area contributed by atoms with Gasteiger partial charge in [0.05, 0.1) is 0 Å². The number of para-hydroxylation sites is 1. The lowest BCUT2D eigenvalue weighted by Crippen LogP contribution is -2.23. The summed E-state index contributed by atoms with van der Waals surface area (Å²) in [4.78, 5) is 12.3. The van der Waals surface area contributed by atoms with Crippen molar-refractivity contribution < 1.29 is 14.1 Å². The molecule has 3 aromatic rings. The van der Waals surface area contributed by atoms with Crippen LogP contribution in [0, 0.1) is 20.8 Å². The third kappa shape index (κ3) is 4.11. The molecule has 0 fully saturated rings. The fourth-order valence-corrected chi connectivity index (χ4v) is 2.73. The van der Waals surface area contributed by atoms with Crippen LogP contribution in [0.15, 0.2) is 53.1 Å². The number of hydrogen-bond donors (Lipinski definition) is 1. The van der Waals surface area contributed by atoms with Gasteiger partial charge < -0.3 is 14.6 Å². The molecule has 2 aromatic carbocycles. The fraction of sp³-hybridized carbons (Fsp3) is 0.238. The number of benzene rings is 2. The summed E-state index contributed by atoms with van der Waals surface area (Å²) in [5.74, 6) is 1.07. The third-order valence-electron chi connectivity index (χ3n) is 4.26. The standard InChI is InChI=1S/C21H22N2O3/c1-14-7-4-5-10-17(14)12-22-21(24)19-11-18(26-23-19)13-25-20-15(2)8-6-9-16(20)3/h4-11H,12-13H2,1-3H3,(H,22,24). The number of carbonyl (C=O) groups is 1. The summed E-state index contributed by atoms with van der Waals surface area (Å²) < 4.78 is 11.1. The van der Waals surface area contributed by atoms with Crippen molar-refractivity contribution in [1.82, 2.24) is 10.5 Å². The molecule has 1 heterocycles. The van der Waals surface area contributed by atoms with Crippen molar-refractivity contribution in [3.8, 4) is 5.75 Å². The maximum Gasteiger partial charge on any atom is 0.273 e. The first-order chi connectivity index (χ1) is 12.5. The van der Waals surface area contributed by atoms with Crippen LogP contribution in [0.1, 0.15) is 38.5 Å². The second-order valence-electron chi connectivity index (χ2n) is 6.30. The Hall–Kier alpha value is -3.08. The molecule has 5 heteroatoms. The molecule has 0 bridgehead atoms. The molecule has 134 valence electrons. The molecule has 26 heavy (non-hydrogen) atoms. The Morgan fingerprint density at radius 3 is 2.46 bits per heavy atom. The third-order valence-corrected chi connectivity index (χ3v) is 4.26. The Morgan fingerprint density at radius 1 is 1.04 bits per heavy atom. The van der Waals surface area contributed by atoms with Crippen molar-refractivity contribution in [2.45, 2.75) is 33.9 Å². The van der Waals surface area contributed by atoms with Crippen molar-refractivity contribution in [3.63, 3.8) is 0 Å². The number of rotatable bonds is 6. The van der Waals surface area contributed by atoms with Gasteiger partial charge in [-0.3, -0.25) is 4.79 Å². The van der Waals surface area contributed by atoms with Gasteiger partial charge >= 0.3 is 0 Å². The van der Waals surface area contributed by atoms with E-state index in [9.17, 15) is 4.79 Å². The molecule has 0 aliphatic carbocycles. The van der Waals surface area contributed by atoms with Gasteiger partial charge in [-0.15, -0.1) is 0 Å². The van der Waals surface area contributed by atoms with E-state index in [0.29, 0.717) is 12.3 Å². The van der Waals surface area contributed by atoms with Crippen LogP contribution in [-0.2, 0) is 13.2 Å². The van der Waals surface area contributed by atoms with E-state index >= 15 is 0 Å². The van der Waals surface area contributed by atoms with Gasteiger partial charge in [-0.1, -0.05) is 47.6 Å². The van der Waals surface area contributed by atoms with Gasteiger partial charge in [-0.05, 0) is 43.0 Å². The van der Waals surface area contributed by atoms with Crippen molar-refractivity contribution in [1.29, 1.82) is 0 Å². The van der Waals surface area contributed by atoms with Crippen LogP contribution in [0.5, 0.6) is 5.75 Å². The molecule has 5 nitrogen and oxygen atoms in total. The number of carbonyl (C=O) groups excluding carboxylic acids is 1. The number of aryl methyl sites for hydroxylation is 3. The maximum atomic E-state index is 12.3. The second kappa shape index (κ2) is 7.87. The van der Waals surface area contributed by atoms with Gasteiger partial charge in [-0.25, -0.2) is 0 Å². The van der Waals surface area contributed by atoms with Gasteiger partial charge in [0.15, 0.2) is 11.5 Å².